The quantitative estimate of drug-likeness (QED) is 0.631. The summed E-state index contributed by atoms with van der Waals surface area (Å²) in [5, 5.41) is 8.83. The SMILES string of the molecule is N#CB1CCN(CCc2cccc(N)c2)CC1. The summed E-state index contributed by atoms with van der Waals surface area (Å²) in [7, 11) is 0. The van der Waals surface area contributed by atoms with Crippen molar-refractivity contribution in [3.63, 3.8) is 0 Å². The van der Waals surface area contributed by atoms with Gasteiger partial charge in [-0.1, -0.05) is 12.1 Å². The summed E-state index contributed by atoms with van der Waals surface area (Å²) in [6.07, 6.45) is 3.09. The Hall–Kier alpha value is -1.47. The van der Waals surface area contributed by atoms with Crippen molar-refractivity contribution in [1.82, 2.24) is 4.90 Å². The first-order valence-electron chi connectivity index (χ1n) is 6.24. The molecule has 0 saturated carbocycles. The van der Waals surface area contributed by atoms with Crippen molar-refractivity contribution in [3.8, 4) is 5.97 Å². The molecule has 0 bridgehead atoms. The van der Waals surface area contributed by atoms with Gasteiger partial charge in [0.05, 0.1) is 0 Å². The van der Waals surface area contributed by atoms with Crippen molar-refractivity contribution in [3.05, 3.63) is 29.8 Å². The van der Waals surface area contributed by atoms with E-state index in [-0.39, 0.29) is 6.71 Å². The molecule has 17 heavy (non-hydrogen) atoms. The van der Waals surface area contributed by atoms with Crippen LogP contribution in [-0.2, 0) is 6.42 Å². The summed E-state index contributed by atoms with van der Waals surface area (Å²) in [5.41, 5.74) is 7.89. The molecule has 88 valence electrons. The molecule has 1 aromatic rings. The first-order chi connectivity index (χ1) is 8.28. The molecule has 0 radical (unpaired) electrons. The third-order valence-corrected chi connectivity index (χ3v) is 3.44. The predicted molar refractivity (Wildman–Crippen MR) is 72.0 cm³/mol. The fourth-order valence-corrected chi connectivity index (χ4v) is 2.32. The fraction of sp³-hybridized carbons (Fsp3) is 0.462. The first-order valence-corrected chi connectivity index (χ1v) is 6.24. The lowest BCUT2D eigenvalue weighted by Crippen LogP contribution is -2.37. The maximum atomic E-state index is 8.83. The molecule has 1 aliphatic rings. The Bertz CT molecular complexity index is 405. The van der Waals surface area contributed by atoms with Crippen LogP contribution >= 0.6 is 0 Å². The molecule has 2 N–H and O–H groups in total. The number of hydrogen-bond donors (Lipinski definition) is 1. The maximum absolute atomic E-state index is 8.83. The summed E-state index contributed by atoms with van der Waals surface area (Å²) in [6, 6.07) is 8.09. The average molecular weight is 227 g/mol. The van der Waals surface area contributed by atoms with Crippen LogP contribution in [-0.4, -0.2) is 31.2 Å². The zero-order chi connectivity index (χ0) is 12.1. The van der Waals surface area contributed by atoms with Crippen molar-refractivity contribution in [1.29, 1.82) is 5.26 Å². The number of benzene rings is 1. The van der Waals surface area contributed by atoms with E-state index in [2.05, 4.69) is 16.9 Å². The number of rotatable bonds is 3. The van der Waals surface area contributed by atoms with Gasteiger partial charge in [0, 0.05) is 18.2 Å². The molecule has 0 unspecified atom stereocenters. The van der Waals surface area contributed by atoms with Gasteiger partial charge in [-0.15, -0.1) is 0 Å². The second-order valence-corrected chi connectivity index (χ2v) is 4.74. The van der Waals surface area contributed by atoms with Crippen molar-refractivity contribution in [2.75, 3.05) is 25.4 Å². The highest BCUT2D eigenvalue weighted by Gasteiger charge is 2.21. The Kier molecular flexibility index (Phi) is 4.05. The van der Waals surface area contributed by atoms with E-state index >= 15 is 0 Å². The van der Waals surface area contributed by atoms with Gasteiger partial charge in [-0.05, 0) is 49.8 Å². The monoisotopic (exact) mass is 227 g/mol. The van der Waals surface area contributed by atoms with Gasteiger partial charge < -0.3 is 10.6 Å². The van der Waals surface area contributed by atoms with Gasteiger partial charge in [0.25, 0.3) is 6.71 Å². The molecular formula is C13H18BN3. The second-order valence-electron chi connectivity index (χ2n) is 4.74. The molecule has 1 heterocycles. The molecule has 0 atom stereocenters. The molecule has 1 aromatic carbocycles. The Morgan fingerprint density at radius 1 is 1.35 bits per heavy atom. The Balaban J connectivity index is 1.78. The molecule has 0 amide bonds. The molecule has 2 rings (SSSR count). The molecule has 1 fully saturated rings. The van der Waals surface area contributed by atoms with Gasteiger partial charge in [0.15, 0.2) is 0 Å². The lowest BCUT2D eigenvalue weighted by molar-refractivity contribution is 0.296. The number of nitrogen functional groups attached to an aromatic ring is 1. The maximum Gasteiger partial charge on any atom is 0.270 e. The highest BCUT2D eigenvalue weighted by molar-refractivity contribution is 6.67. The molecule has 0 aromatic heterocycles. The summed E-state index contributed by atoms with van der Waals surface area (Å²) in [6.45, 7) is 3.46. The van der Waals surface area contributed by atoms with Gasteiger partial charge in [-0.25, -0.2) is 5.26 Å². The summed E-state index contributed by atoms with van der Waals surface area (Å²) in [4.78, 5) is 2.44. The minimum Gasteiger partial charge on any atom is -0.399 e. The van der Waals surface area contributed by atoms with Crippen LogP contribution in [0.5, 0.6) is 0 Å². The van der Waals surface area contributed by atoms with Gasteiger partial charge in [-0.2, -0.15) is 0 Å². The van der Waals surface area contributed by atoms with E-state index in [1.165, 1.54) is 5.56 Å². The van der Waals surface area contributed by atoms with E-state index in [0.717, 1.165) is 44.4 Å². The summed E-state index contributed by atoms with van der Waals surface area (Å²) >= 11 is 0. The normalized spacial score (nSPS) is 16.8. The number of nitrogens with zero attached hydrogens (tertiary/aromatic N) is 2. The zero-order valence-electron chi connectivity index (χ0n) is 10.1. The van der Waals surface area contributed by atoms with Crippen molar-refractivity contribution < 1.29 is 0 Å². The third kappa shape index (κ3) is 3.50. The van der Waals surface area contributed by atoms with Crippen LogP contribution in [0.25, 0.3) is 0 Å². The van der Waals surface area contributed by atoms with Crippen LogP contribution < -0.4 is 5.73 Å². The summed E-state index contributed by atoms with van der Waals surface area (Å²) < 4.78 is 0. The van der Waals surface area contributed by atoms with Gasteiger partial charge in [0.1, 0.15) is 0 Å². The van der Waals surface area contributed by atoms with E-state index in [0.29, 0.717) is 0 Å². The number of nitrogens with two attached hydrogens (primary N) is 1. The Morgan fingerprint density at radius 3 is 2.76 bits per heavy atom. The predicted octanol–water partition coefficient (Wildman–Crippen LogP) is 1.68. The minimum absolute atomic E-state index is 0.276. The fourth-order valence-electron chi connectivity index (χ4n) is 2.32. The molecule has 0 spiro atoms. The van der Waals surface area contributed by atoms with Crippen molar-refractivity contribution in [2.24, 2.45) is 0 Å². The molecular weight excluding hydrogens is 209 g/mol. The molecule has 3 nitrogen and oxygen atoms in total. The average Bonchev–Trinajstić information content (AvgIpc) is 2.37. The zero-order valence-corrected chi connectivity index (χ0v) is 10.1. The number of anilines is 1. The van der Waals surface area contributed by atoms with E-state index in [1.807, 2.05) is 18.2 Å². The van der Waals surface area contributed by atoms with Crippen LogP contribution in [0.4, 0.5) is 5.69 Å². The number of nitriles is 1. The van der Waals surface area contributed by atoms with Gasteiger partial charge >= 0.3 is 0 Å². The molecule has 4 heteroatoms. The smallest absolute Gasteiger partial charge is 0.270 e. The van der Waals surface area contributed by atoms with Gasteiger partial charge in [-0.3, -0.25) is 0 Å². The van der Waals surface area contributed by atoms with Crippen LogP contribution in [0.15, 0.2) is 24.3 Å². The van der Waals surface area contributed by atoms with E-state index in [4.69, 9.17) is 11.0 Å². The highest BCUT2D eigenvalue weighted by atomic mass is 15.1. The largest absolute Gasteiger partial charge is 0.399 e. The van der Waals surface area contributed by atoms with Gasteiger partial charge in [0.2, 0.25) is 0 Å². The second kappa shape index (κ2) is 5.74. The standard InChI is InChI=1S/C13H18BN3/c15-11-14-5-8-17(9-6-14)7-4-12-2-1-3-13(16)10-12/h1-3,10H,4-9,16H2. The molecule has 1 saturated heterocycles. The minimum atomic E-state index is 0.276. The van der Waals surface area contributed by atoms with E-state index in [1.54, 1.807) is 0 Å². The van der Waals surface area contributed by atoms with Crippen LogP contribution in [0, 0.1) is 11.2 Å². The summed E-state index contributed by atoms with van der Waals surface area (Å²) in [5.74, 6) is 2.36. The van der Waals surface area contributed by atoms with Crippen molar-refractivity contribution in [2.45, 2.75) is 19.1 Å². The molecule has 0 aliphatic carbocycles. The Morgan fingerprint density at radius 2 is 2.12 bits per heavy atom. The van der Waals surface area contributed by atoms with E-state index < -0.39 is 0 Å². The first kappa shape index (κ1) is 12.0. The van der Waals surface area contributed by atoms with Crippen molar-refractivity contribution >= 4 is 12.4 Å². The molecule has 1 aliphatic heterocycles. The highest BCUT2D eigenvalue weighted by Crippen LogP contribution is 2.12. The lowest BCUT2D eigenvalue weighted by Gasteiger charge is -2.27. The lowest BCUT2D eigenvalue weighted by atomic mass is 9.45. The van der Waals surface area contributed by atoms with Crippen LogP contribution in [0.3, 0.4) is 0 Å². The topological polar surface area (TPSA) is 53.0 Å². The third-order valence-electron chi connectivity index (χ3n) is 3.44. The van der Waals surface area contributed by atoms with E-state index in [9.17, 15) is 0 Å². The Labute approximate surface area is 103 Å². The van der Waals surface area contributed by atoms with Crippen LogP contribution in [0.2, 0.25) is 12.6 Å². The number of hydrogen-bond acceptors (Lipinski definition) is 3. The van der Waals surface area contributed by atoms with Crippen LogP contribution in [0.1, 0.15) is 5.56 Å².